The zero-order valence-electron chi connectivity index (χ0n) is 9.61. The Balaban J connectivity index is 2.03. The van der Waals surface area contributed by atoms with E-state index in [0.29, 0.717) is 11.7 Å². The van der Waals surface area contributed by atoms with Gasteiger partial charge in [-0.15, -0.1) is 6.58 Å². The first kappa shape index (κ1) is 11.9. The van der Waals surface area contributed by atoms with Gasteiger partial charge in [0.2, 0.25) is 0 Å². The lowest BCUT2D eigenvalue weighted by atomic mass is 10.0. The Labute approximate surface area is 107 Å². The Morgan fingerprint density at radius 2 is 2.35 bits per heavy atom. The van der Waals surface area contributed by atoms with E-state index < -0.39 is 0 Å². The molecule has 2 rings (SSSR count). The molecule has 4 heteroatoms. The van der Waals surface area contributed by atoms with Crippen molar-refractivity contribution < 1.29 is 4.74 Å². The van der Waals surface area contributed by atoms with Crippen molar-refractivity contribution in [1.82, 2.24) is 10.6 Å². The minimum absolute atomic E-state index is 0.227. The largest absolute Gasteiger partial charge is 0.493 e. The summed E-state index contributed by atoms with van der Waals surface area (Å²) < 4.78 is 5.60. The van der Waals surface area contributed by atoms with Crippen LogP contribution in [-0.4, -0.2) is 18.3 Å². The highest BCUT2D eigenvalue weighted by Crippen LogP contribution is 2.31. The van der Waals surface area contributed by atoms with Gasteiger partial charge in [-0.3, -0.25) is 0 Å². The molecule has 0 fully saturated rings. The van der Waals surface area contributed by atoms with Gasteiger partial charge in [0.05, 0.1) is 12.6 Å². The van der Waals surface area contributed by atoms with Crippen LogP contribution in [0.4, 0.5) is 0 Å². The summed E-state index contributed by atoms with van der Waals surface area (Å²) in [5.41, 5.74) is 1.17. The van der Waals surface area contributed by atoms with E-state index in [1.165, 1.54) is 5.56 Å². The number of thiocarbonyl (C=S) groups is 1. The predicted molar refractivity (Wildman–Crippen MR) is 73.2 cm³/mol. The molecule has 1 aromatic carbocycles. The maximum atomic E-state index is 5.60. The first-order valence-electron chi connectivity index (χ1n) is 5.68. The number of ether oxygens (including phenoxy) is 1. The van der Waals surface area contributed by atoms with Crippen LogP contribution in [-0.2, 0) is 0 Å². The highest BCUT2D eigenvalue weighted by molar-refractivity contribution is 7.80. The minimum Gasteiger partial charge on any atom is -0.493 e. The fourth-order valence-corrected chi connectivity index (χ4v) is 2.09. The van der Waals surface area contributed by atoms with Crippen molar-refractivity contribution in [1.29, 1.82) is 0 Å². The van der Waals surface area contributed by atoms with E-state index in [0.717, 1.165) is 18.8 Å². The second-order valence-electron chi connectivity index (χ2n) is 3.87. The first-order valence-corrected chi connectivity index (χ1v) is 6.09. The molecular formula is C13H16N2OS. The van der Waals surface area contributed by atoms with Gasteiger partial charge in [-0.1, -0.05) is 24.3 Å². The van der Waals surface area contributed by atoms with E-state index in [4.69, 9.17) is 17.0 Å². The van der Waals surface area contributed by atoms with Crippen molar-refractivity contribution in [3.63, 3.8) is 0 Å². The molecule has 0 unspecified atom stereocenters. The predicted octanol–water partition coefficient (Wildman–Crippen LogP) is 2.16. The number of hydrogen-bond acceptors (Lipinski definition) is 2. The van der Waals surface area contributed by atoms with Crippen LogP contribution >= 0.6 is 12.2 Å². The monoisotopic (exact) mass is 248 g/mol. The molecule has 2 N–H and O–H groups in total. The lowest BCUT2D eigenvalue weighted by Gasteiger charge is -2.27. The molecule has 0 saturated heterocycles. The van der Waals surface area contributed by atoms with Crippen molar-refractivity contribution in [2.45, 2.75) is 12.5 Å². The van der Waals surface area contributed by atoms with E-state index in [-0.39, 0.29) is 6.04 Å². The molecule has 0 radical (unpaired) electrons. The van der Waals surface area contributed by atoms with Gasteiger partial charge in [0.25, 0.3) is 0 Å². The second kappa shape index (κ2) is 5.68. The number of hydrogen-bond donors (Lipinski definition) is 2. The van der Waals surface area contributed by atoms with Gasteiger partial charge in [-0.05, 0) is 18.3 Å². The van der Waals surface area contributed by atoms with E-state index in [1.54, 1.807) is 6.08 Å². The Bertz CT molecular complexity index is 420. The molecule has 1 heterocycles. The van der Waals surface area contributed by atoms with Crippen LogP contribution in [0.2, 0.25) is 0 Å². The van der Waals surface area contributed by atoms with Crippen molar-refractivity contribution in [3.8, 4) is 5.75 Å². The minimum atomic E-state index is 0.227. The molecule has 0 aliphatic carbocycles. The number of para-hydroxylation sites is 1. The molecular weight excluding hydrogens is 232 g/mol. The van der Waals surface area contributed by atoms with Gasteiger partial charge < -0.3 is 15.4 Å². The second-order valence-corrected chi connectivity index (χ2v) is 4.28. The quantitative estimate of drug-likeness (QED) is 0.634. The third-order valence-corrected chi connectivity index (χ3v) is 2.93. The molecule has 0 amide bonds. The lowest BCUT2D eigenvalue weighted by Crippen LogP contribution is -2.39. The van der Waals surface area contributed by atoms with Gasteiger partial charge in [0.15, 0.2) is 5.11 Å². The Hall–Kier alpha value is -1.55. The number of nitrogens with one attached hydrogen (secondary N) is 2. The summed E-state index contributed by atoms with van der Waals surface area (Å²) in [6.45, 7) is 5.04. The van der Waals surface area contributed by atoms with Gasteiger partial charge in [-0.2, -0.15) is 0 Å². The molecule has 0 spiro atoms. The van der Waals surface area contributed by atoms with Crippen LogP contribution in [0, 0.1) is 0 Å². The number of benzene rings is 1. The lowest BCUT2D eigenvalue weighted by molar-refractivity contribution is 0.262. The van der Waals surface area contributed by atoms with Gasteiger partial charge >= 0.3 is 0 Å². The van der Waals surface area contributed by atoms with Crippen molar-refractivity contribution in [2.75, 3.05) is 13.2 Å². The molecule has 3 nitrogen and oxygen atoms in total. The zero-order valence-corrected chi connectivity index (χ0v) is 10.4. The molecule has 17 heavy (non-hydrogen) atoms. The summed E-state index contributed by atoms with van der Waals surface area (Å²) in [7, 11) is 0. The van der Waals surface area contributed by atoms with Gasteiger partial charge in [0.1, 0.15) is 5.75 Å². The zero-order chi connectivity index (χ0) is 12.1. The fraction of sp³-hybridized carbons (Fsp3) is 0.308. The summed E-state index contributed by atoms with van der Waals surface area (Å²) in [5.74, 6) is 0.947. The van der Waals surface area contributed by atoms with Crippen molar-refractivity contribution in [2.24, 2.45) is 0 Å². The summed E-state index contributed by atoms with van der Waals surface area (Å²) >= 11 is 5.22. The van der Waals surface area contributed by atoms with E-state index in [1.807, 2.05) is 18.2 Å². The summed E-state index contributed by atoms with van der Waals surface area (Å²) in [5, 5.41) is 7.03. The average Bonchev–Trinajstić information content (AvgIpc) is 2.37. The number of rotatable bonds is 3. The Morgan fingerprint density at radius 3 is 3.18 bits per heavy atom. The highest BCUT2D eigenvalue weighted by atomic mass is 32.1. The molecule has 1 atom stereocenters. The van der Waals surface area contributed by atoms with Crippen molar-refractivity contribution in [3.05, 3.63) is 42.5 Å². The average molecular weight is 248 g/mol. The van der Waals surface area contributed by atoms with E-state index in [2.05, 4.69) is 23.3 Å². The first-order chi connectivity index (χ1) is 8.31. The fourth-order valence-electron chi connectivity index (χ4n) is 1.87. The maximum absolute atomic E-state index is 5.60. The molecule has 1 aliphatic rings. The van der Waals surface area contributed by atoms with Crippen LogP contribution in [0.25, 0.3) is 0 Å². The summed E-state index contributed by atoms with van der Waals surface area (Å²) in [4.78, 5) is 0. The topological polar surface area (TPSA) is 33.3 Å². The standard InChI is InChI=1S/C13H16N2OS/c1-2-8-14-13(17)15-11-7-9-16-12-6-4-3-5-10(11)12/h2-6,11H,1,7-9H2,(H2,14,15,17)/t11-/m1/s1. The van der Waals surface area contributed by atoms with Gasteiger partial charge in [0, 0.05) is 18.5 Å². The molecule has 1 aromatic rings. The smallest absolute Gasteiger partial charge is 0.167 e. The summed E-state index contributed by atoms with van der Waals surface area (Å²) in [6, 6.07) is 8.29. The molecule has 0 aromatic heterocycles. The summed E-state index contributed by atoms with van der Waals surface area (Å²) in [6.07, 6.45) is 2.71. The molecule has 0 saturated carbocycles. The Morgan fingerprint density at radius 1 is 1.53 bits per heavy atom. The molecule has 1 aliphatic heterocycles. The number of fused-ring (bicyclic) bond motifs is 1. The van der Waals surface area contributed by atoms with E-state index >= 15 is 0 Å². The third-order valence-electron chi connectivity index (χ3n) is 2.67. The molecule has 0 bridgehead atoms. The SMILES string of the molecule is C=CCNC(=S)N[C@@H]1CCOc2ccccc21. The maximum Gasteiger partial charge on any atom is 0.167 e. The normalized spacial score (nSPS) is 17.5. The van der Waals surface area contributed by atoms with Gasteiger partial charge in [-0.25, -0.2) is 0 Å². The Kier molecular flexibility index (Phi) is 3.98. The van der Waals surface area contributed by atoms with E-state index in [9.17, 15) is 0 Å². The third kappa shape index (κ3) is 2.97. The van der Waals surface area contributed by atoms with Crippen LogP contribution in [0.1, 0.15) is 18.0 Å². The van der Waals surface area contributed by atoms with Crippen LogP contribution in [0.3, 0.4) is 0 Å². The van der Waals surface area contributed by atoms with Crippen molar-refractivity contribution >= 4 is 17.3 Å². The van der Waals surface area contributed by atoms with Crippen LogP contribution in [0.15, 0.2) is 36.9 Å². The highest BCUT2D eigenvalue weighted by Gasteiger charge is 2.21. The van der Waals surface area contributed by atoms with Crippen LogP contribution < -0.4 is 15.4 Å². The molecule has 90 valence electrons. The van der Waals surface area contributed by atoms with Crippen LogP contribution in [0.5, 0.6) is 5.75 Å².